The van der Waals surface area contributed by atoms with Gasteiger partial charge in [0, 0.05) is 19.3 Å². The summed E-state index contributed by atoms with van der Waals surface area (Å²) in [6.45, 7) is 4.67. The maximum Gasteiger partial charge on any atom is 0.273 e. The Labute approximate surface area is 147 Å². The highest BCUT2D eigenvalue weighted by molar-refractivity contribution is 5.95. The molecule has 3 rings (SSSR count). The Morgan fingerprint density at radius 3 is 2.64 bits per heavy atom. The number of aromatic nitrogens is 2. The first-order chi connectivity index (χ1) is 12.2. The van der Waals surface area contributed by atoms with Gasteiger partial charge >= 0.3 is 0 Å². The zero-order valence-corrected chi connectivity index (χ0v) is 14.6. The number of hydrogen-bond acceptors (Lipinski definition) is 3. The van der Waals surface area contributed by atoms with Gasteiger partial charge in [-0.1, -0.05) is 43.3 Å². The minimum absolute atomic E-state index is 0.0736. The molecule has 5 nitrogen and oxygen atoms in total. The molecule has 0 saturated heterocycles. The summed E-state index contributed by atoms with van der Waals surface area (Å²) in [6.07, 6.45) is 2.56. The van der Waals surface area contributed by atoms with Gasteiger partial charge in [0.25, 0.3) is 5.91 Å². The molecule has 0 aliphatic heterocycles. The molecule has 2 heterocycles. The molecule has 25 heavy (non-hydrogen) atoms. The zero-order chi connectivity index (χ0) is 17.8. The molecule has 0 fully saturated rings. The first-order valence-corrected chi connectivity index (χ1v) is 8.56. The van der Waals surface area contributed by atoms with Crippen molar-refractivity contribution in [2.75, 3.05) is 13.2 Å². The number of nitrogens with zero attached hydrogens (tertiary/aromatic N) is 3. The van der Waals surface area contributed by atoms with Gasteiger partial charge in [0.15, 0.2) is 0 Å². The number of carbonyl (C=O) groups excluding carboxylic acids is 1. The number of fused-ring (bicyclic) bond motifs is 1. The van der Waals surface area contributed by atoms with Crippen molar-refractivity contribution < 1.29 is 9.90 Å². The van der Waals surface area contributed by atoms with Crippen LogP contribution in [0.3, 0.4) is 0 Å². The summed E-state index contributed by atoms with van der Waals surface area (Å²) in [5.74, 6) is -0.104. The van der Waals surface area contributed by atoms with E-state index in [0.29, 0.717) is 18.7 Å². The van der Waals surface area contributed by atoms with Crippen molar-refractivity contribution in [3.63, 3.8) is 0 Å². The van der Waals surface area contributed by atoms with E-state index in [2.05, 4.69) is 4.98 Å². The lowest BCUT2D eigenvalue weighted by atomic mass is 10.2. The highest BCUT2D eigenvalue weighted by Crippen LogP contribution is 2.19. The van der Waals surface area contributed by atoms with Crippen molar-refractivity contribution in [2.45, 2.75) is 26.8 Å². The number of carbonyl (C=O) groups is 1. The first kappa shape index (κ1) is 17.2. The van der Waals surface area contributed by atoms with Gasteiger partial charge in [-0.15, -0.1) is 0 Å². The quantitative estimate of drug-likeness (QED) is 0.752. The lowest BCUT2D eigenvalue weighted by molar-refractivity contribution is 0.0699. The van der Waals surface area contributed by atoms with E-state index in [1.54, 1.807) is 4.90 Å². The third-order valence-corrected chi connectivity index (χ3v) is 4.33. The maximum absolute atomic E-state index is 13.3. The molecule has 0 saturated carbocycles. The van der Waals surface area contributed by atoms with Crippen LogP contribution in [0.4, 0.5) is 0 Å². The van der Waals surface area contributed by atoms with Crippen LogP contribution in [0.1, 0.15) is 34.2 Å². The third-order valence-electron chi connectivity index (χ3n) is 4.33. The van der Waals surface area contributed by atoms with Crippen LogP contribution in [0.2, 0.25) is 0 Å². The first-order valence-electron chi connectivity index (χ1n) is 8.56. The SMILES string of the molecule is CCc1nc2c(C)cccn2c1C(=O)N(CCO)Cc1ccccc1. The highest BCUT2D eigenvalue weighted by Gasteiger charge is 2.24. The van der Waals surface area contributed by atoms with E-state index in [9.17, 15) is 9.90 Å². The Kier molecular flexibility index (Phi) is 5.14. The third kappa shape index (κ3) is 3.42. The molecule has 0 atom stereocenters. The lowest BCUT2D eigenvalue weighted by Crippen LogP contribution is -2.34. The van der Waals surface area contributed by atoms with Crippen LogP contribution in [-0.4, -0.2) is 38.4 Å². The Hall–Kier alpha value is -2.66. The van der Waals surface area contributed by atoms with Crippen molar-refractivity contribution in [1.29, 1.82) is 0 Å². The van der Waals surface area contributed by atoms with E-state index in [4.69, 9.17) is 0 Å². The number of imidazole rings is 1. The summed E-state index contributed by atoms with van der Waals surface area (Å²) in [5, 5.41) is 9.43. The fourth-order valence-electron chi connectivity index (χ4n) is 3.05. The van der Waals surface area contributed by atoms with Crippen LogP contribution >= 0.6 is 0 Å². The van der Waals surface area contributed by atoms with E-state index in [-0.39, 0.29) is 19.1 Å². The number of aliphatic hydroxyl groups excluding tert-OH is 1. The summed E-state index contributed by atoms with van der Waals surface area (Å²) < 4.78 is 1.87. The van der Waals surface area contributed by atoms with Gasteiger partial charge in [-0.25, -0.2) is 4.98 Å². The van der Waals surface area contributed by atoms with Crippen LogP contribution in [0.15, 0.2) is 48.7 Å². The summed E-state index contributed by atoms with van der Waals surface area (Å²) >= 11 is 0. The van der Waals surface area contributed by atoms with E-state index in [0.717, 1.165) is 22.5 Å². The molecule has 0 spiro atoms. The molecule has 0 unspecified atom stereocenters. The van der Waals surface area contributed by atoms with Crippen LogP contribution in [0, 0.1) is 6.92 Å². The van der Waals surface area contributed by atoms with Gasteiger partial charge in [-0.2, -0.15) is 0 Å². The number of aliphatic hydroxyl groups is 1. The number of pyridine rings is 1. The van der Waals surface area contributed by atoms with Gasteiger partial charge in [0.1, 0.15) is 11.3 Å². The molecular weight excluding hydrogens is 314 g/mol. The monoisotopic (exact) mass is 337 g/mol. The minimum atomic E-state index is -0.104. The van der Waals surface area contributed by atoms with Crippen molar-refractivity contribution in [2.24, 2.45) is 0 Å². The molecule has 1 aromatic carbocycles. The minimum Gasteiger partial charge on any atom is -0.395 e. The highest BCUT2D eigenvalue weighted by atomic mass is 16.3. The zero-order valence-electron chi connectivity index (χ0n) is 14.6. The predicted molar refractivity (Wildman–Crippen MR) is 97.6 cm³/mol. The van der Waals surface area contributed by atoms with Crippen molar-refractivity contribution in [3.05, 3.63) is 71.2 Å². The van der Waals surface area contributed by atoms with Gasteiger partial charge < -0.3 is 10.0 Å². The molecule has 0 radical (unpaired) electrons. The van der Waals surface area contributed by atoms with Crippen molar-refractivity contribution in [1.82, 2.24) is 14.3 Å². The number of benzene rings is 1. The molecule has 130 valence electrons. The Bertz CT molecular complexity index is 871. The summed E-state index contributed by atoms with van der Waals surface area (Å²) in [7, 11) is 0. The fraction of sp³-hybridized carbons (Fsp3) is 0.300. The average molecular weight is 337 g/mol. The van der Waals surface area contributed by atoms with Gasteiger partial charge in [0.2, 0.25) is 0 Å². The van der Waals surface area contributed by atoms with Gasteiger partial charge in [-0.05, 0) is 30.5 Å². The van der Waals surface area contributed by atoms with Crippen LogP contribution in [0.25, 0.3) is 5.65 Å². The molecule has 3 aromatic rings. The second-order valence-electron chi connectivity index (χ2n) is 6.08. The topological polar surface area (TPSA) is 57.8 Å². The van der Waals surface area contributed by atoms with Crippen molar-refractivity contribution >= 4 is 11.6 Å². The largest absolute Gasteiger partial charge is 0.395 e. The van der Waals surface area contributed by atoms with Crippen molar-refractivity contribution in [3.8, 4) is 0 Å². The average Bonchev–Trinajstić information content (AvgIpc) is 3.02. The number of hydrogen-bond donors (Lipinski definition) is 1. The number of rotatable bonds is 6. The molecular formula is C20H23N3O2. The molecule has 0 aliphatic rings. The summed E-state index contributed by atoms with van der Waals surface area (Å²) in [6, 6.07) is 13.7. The normalized spacial score (nSPS) is 11.0. The Balaban J connectivity index is 2.02. The van der Waals surface area contributed by atoms with Crippen LogP contribution in [-0.2, 0) is 13.0 Å². The summed E-state index contributed by atoms with van der Waals surface area (Å²) in [5.41, 5.74) is 4.26. The molecule has 5 heteroatoms. The second-order valence-corrected chi connectivity index (χ2v) is 6.08. The van der Waals surface area contributed by atoms with Crippen LogP contribution in [0.5, 0.6) is 0 Å². The molecule has 1 N–H and O–H groups in total. The Morgan fingerprint density at radius 2 is 1.96 bits per heavy atom. The number of aryl methyl sites for hydroxylation is 2. The molecule has 0 bridgehead atoms. The van der Waals surface area contributed by atoms with Crippen LogP contribution < -0.4 is 0 Å². The predicted octanol–water partition coefficient (Wildman–Crippen LogP) is 2.84. The van der Waals surface area contributed by atoms with E-state index < -0.39 is 0 Å². The molecule has 1 amide bonds. The maximum atomic E-state index is 13.3. The van der Waals surface area contributed by atoms with E-state index in [1.807, 2.05) is 66.9 Å². The second kappa shape index (κ2) is 7.49. The lowest BCUT2D eigenvalue weighted by Gasteiger charge is -2.22. The fourth-order valence-corrected chi connectivity index (χ4v) is 3.05. The number of amides is 1. The van der Waals surface area contributed by atoms with E-state index >= 15 is 0 Å². The standard InChI is InChI=1S/C20H23N3O2/c1-3-17-18(23-11-7-8-15(2)19(23)21-17)20(25)22(12-13-24)14-16-9-5-4-6-10-16/h4-11,24H,3,12-14H2,1-2H3. The smallest absolute Gasteiger partial charge is 0.273 e. The summed E-state index contributed by atoms with van der Waals surface area (Å²) in [4.78, 5) is 19.6. The van der Waals surface area contributed by atoms with Gasteiger partial charge in [-0.3, -0.25) is 9.20 Å². The van der Waals surface area contributed by atoms with E-state index in [1.165, 1.54) is 0 Å². The Morgan fingerprint density at radius 1 is 1.20 bits per heavy atom. The molecule has 0 aliphatic carbocycles. The molecule has 2 aromatic heterocycles. The van der Waals surface area contributed by atoms with Gasteiger partial charge in [0.05, 0.1) is 12.3 Å².